The normalized spacial score (nSPS) is 22.0. The van der Waals surface area contributed by atoms with Gasteiger partial charge < -0.3 is 19.4 Å². The molecule has 2 unspecified atom stereocenters. The van der Waals surface area contributed by atoms with E-state index in [1.54, 1.807) is 20.5 Å². The van der Waals surface area contributed by atoms with Gasteiger partial charge in [0, 0.05) is 56.8 Å². The second-order valence-corrected chi connectivity index (χ2v) is 10.2. The number of imidazole rings is 1. The molecule has 0 radical (unpaired) electrons. The van der Waals surface area contributed by atoms with Crippen LogP contribution in [0.3, 0.4) is 0 Å². The van der Waals surface area contributed by atoms with Crippen LogP contribution in [-0.2, 0) is 13.0 Å². The molecule has 0 saturated carbocycles. The average molecular weight is 570 g/mol. The lowest BCUT2D eigenvalue weighted by Crippen LogP contribution is -2.55. The highest BCUT2D eigenvalue weighted by Crippen LogP contribution is 2.34. The summed E-state index contributed by atoms with van der Waals surface area (Å²) >= 11 is 6.77. The highest BCUT2D eigenvalue weighted by Gasteiger charge is 2.35. The number of fused-ring (bicyclic) bond motifs is 1. The SMILES string of the molecule is COc1cc2c(CCN3CCN(C4C=CC=CC4(C)Cl)CC3)nn(Cc3cnc[nH]3)c2cc1OC.Cl.Cl. The molecule has 2 atom stereocenters. The zero-order valence-corrected chi connectivity index (χ0v) is 23.8. The van der Waals surface area contributed by atoms with E-state index in [0.717, 1.165) is 67.2 Å². The summed E-state index contributed by atoms with van der Waals surface area (Å²) in [6.07, 6.45) is 12.9. The number of nitrogens with one attached hydrogen (secondary N) is 1. The Morgan fingerprint density at radius 3 is 2.46 bits per heavy atom. The number of piperazine rings is 1. The molecule has 3 heterocycles. The highest BCUT2D eigenvalue weighted by atomic mass is 35.5. The van der Waals surface area contributed by atoms with Crippen molar-refractivity contribution in [3.63, 3.8) is 0 Å². The fourth-order valence-corrected chi connectivity index (χ4v) is 5.40. The average Bonchev–Trinajstić information content (AvgIpc) is 3.50. The van der Waals surface area contributed by atoms with Crippen molar-refractivity contribution in [2.75, 3.05) is 46.9 Å². The fourth-order valence-electron chi connectivity index (χ4n) is 5.11. The number of rotatable bonds is 8. The van der Waals surface area contributed by atoms with Crippen LogP contribution in [0.5, 0.6) is 11.5 Å². The smallest absolute Gasteiger partial charge is 0.162 e. The molecule has 1 aromatic carbocycles. The third-order valence-corrected chi connectivity index (χ3v) is 7.43. The summed E-state index contributed by atoms with van der Waals surface area (Å²) < 4.78 is 13.2. The molecule has 202 valence electrons. The molecule has 37 heavy (non-hydrogen) atoms. The zero-order valence-electron chi connectivity index (χ0n) is 21.4. The third kappa shape index (κ3) is 6.26. The summed E-state index contributed by atoms with van der Waals surface area (Å²) in [5, 5.41) is 6.09. The molecule has 0 amide bonds. The molecule has 8 nitrogen and oxygen atoms in total. The summed E-state index contributed by atoms with van der Waals surface area (Å²) in [4.78, 5) is 12.0. The fraction of sp³-hybridized carbons (Fsp3) is 0.462. The van der Waals surface area contributed by atoms with Crippen LogP contribution in [0.4, 0.5) is 0 Å². The number of allylic oxidation sites excluding steroid dienone is 2. The summed E-state index contributed by atoms with van der Waals surface area (Å²) in [7, 11) is 3.33. The summed E-state index contributed by atoms with van der Waals surface area (Å²) in [5.41, 5.74) is 3.09. The molecule has 5 rings (SSSR count). The Kier molecular flexibility index (Phi) is 9.94. The Morgan fingerprint density at radius 1 is 1.08 bits per heavy atom. The maximum absolute atomic E-state index is 6.77. The van der Waals surface area contributed by atoms with Crippen LogP contribution >= 0.6 is 36.4 Å². The van der Waals surface area contributed by atoms with Gasteiger partial charge >= 0.3 is 0 Å². The lowest BCUT2D eigenvalue weighted by atomic mass is 9.94. The number of halogens is 3. The molecule has 2 aliphatic rings. The van der Waals surface area contributed by atoms with Crippen LogP contribution in [0.2, 0.25) is 0 Å². The Labute approximate surface area is 235 Å². The van der Waals surface area contributed by atoms with Crippen molar-refractivity contribution in [2.24, 2.45) is 0 Å². The number of nitrogens with zero attached hydrogens (tertiary/aromatic N) is 5. The Hall–Kier alpha value is -2.23. The Balaban J connectivity index is 0.00000190. The van der Waals surface area contributed by atoms with Gasteiger partial charge in [-0.25, -0.2) is 4.98 Å². The van der Waals surface area contributed by atoms with Crippen molar-refractivity contribution in [1.82, 2.24) is 29.5 Å². The monoisotopic (exact) mass is 568 g/mol. The number of hydrogen-bond donors (Lipinski definition) is 1. The van der Waals surface area contributed by atoms with Crippen LogP contribution in [0.1, 0.15) is 18.3 Å². The molecule has 0 bridgehead atoms. The van der Waals surface area contributed by atoms with Crippen molar-refractivity contribution in [1.29, 1.82) is 0 Å². The number of benzene rings is 1. The minimum Gasteiger partial charge on any atom is -0.493 e. The summed E-state index contributed by atoms with van der Waals surface area (Å²) in [6, 6.07) is 4.29. The maximum Gasteiger partial charge on any atom is 0.162 e. The van der Waals surface area contributed by atoms with Crippen molar-refractivity contribution < 1.29 is 9.47 Å². The quantitative estimate of drug-likeness (QED) is 0.408. The molecule has 0 spiro atoms. The predicted molar refractivity (Wildman–Crippen MR) is 153 cm³/mol. The minimum atomic E-state index is -0.350. The second kappa shape index (κ2) is 12.5. The zero-order chi connectivity index (χ0) is 24.4. The van der Waals surface area contributed by atoms with Gasteiger partial charge in [-0.05, 0) is 13.0 Å². The first-order valence-corrected chi connectivity index (χ1v) is 12.5. The first kappa shape index (κ1) is 29.3. The number of hydrogen-bond acceptors (Lipinski definition) is 6. The van der Waals surface area contributed by atoms with Crippen LogP contribution in [0.25, 0.3) is 10.9 Å². The molecule has 1 fully saturated rings. The van der Waals surface area contributed by atoms with E-state index in [1.807, 2.05) is 29.1 Å². The highest BCUT2D eigenvalue weighted by molar-refractivity contribution is 6.25. The summed E-state index contributed by atoms with van der Waals surface area (Å²) in [6.45, 7) is 7.72. The largest absolute Gasteiger partial charge is 0.493 e. The van der Waals surface area contributed by atoms with Gasteiger partial charge in [-0.15, -0.1) is 36.4 Å². The van der Waals surface area contributed by atoms with Gasteiger partial charge in [0.1, 0.15) is 0 Å². The van der Waals surface area contributed by atoms with Gasteiger partial charge in [0.2, 0.25) is 0 Å². The van der Waals surface area contributed by atoms with Crippen LogP contribution in [0.15, 0.2) is 49.0 Å². The molecular formula is C26H35Cl3N6O2. The van der Waals surface area contributed by atoms with E-state index in [2.05, 4.69) is 44.9 Å². The lowest BCUT2D eigenvalue weighted by Gasteiger charge is -2.43. The van der Waals surface area contributed by atoms with Crippen molar-refractivity contribution in [2.45, 2.75) is 30.8 Å². The molecular weight excluding hydrogens is 535 g/mol. The van der Waals surface area contributed by atoms with Crippen molar-refractivity contribution in [3.05, 3.63) is 60.3 Å². The van der Waals surface area contributed by atoms with E-state index >= 15 is 0 Å². The van der Waals surface area contributed by atoms with Crippen LogP contribution in [0, 0.1) is 0 Å². The van der Waals surface area contributed by atoms with E-state index in [-0.39, 0.29) is 35.7 Å². The van der Waals surface area contributed by atoms with Crippen molar-refractivity contribution >= 4 is 47.3 Å². The van der Waals surface area contributed by atoms with Gasteiger partial charge in [-0.2, -0.15) is 5.10 Å². The second-order valence-electron chi connectivity index (χ2n) is 9.37. The standard InChI is InChI=1S/C26H33ClN6O2.2ClH/c1-26(27)8-5-4-6-25(26)32-12-10-31(11-13-32)9-7-21-20-14-23(34-2)24(35-3)15-22(20)33(30-21)17-19-16-28-18-29-19;;/h4-6,8,14-16,18,25H,7,9-13,17H2,1-3H3,(H,28,29);2*1H. The van der Waals surface area contributed by atoms with Gasteiger partial charge in [0.15, 0.2) is 11.5 Å². The first-order chi connectivity index (χ1) is 17.0. The van der Waals surface area contributed by atoms with E-state index in [1.165, 1.54) is 0 Å². The van der Waals surface area contributed by atoms with E-state index < -0.39 is 0 Å². The topological polar surface area (TPSA) is 71.4 Å². The van der Waals surface area contributed by atoms with Gasteiger partial charge in [-0.1, -0.05) is 24.3 Å². The molecule has 1 aliphatic carbocycles. The van der Waals surface area contributed by atoms with E-state index in [9.17, 15) is 0 Å². The van der Waals surface area contributed by atoms with E-state index in [4.69, 9.17) is 26.2 Å². The molecule has 2 aromatic heterocycles. The van der Waals surface area contributed by atoms with Crippen molar-refractivity contribution in [3.8, 4) is 11.5 Å². The number of H-pyrrole nitrogens is 1. The number of ether oxygens (including phenoxy) is 2. The lowest BCUT2D eigenvalue weighted by molar-refractivity contribution is 0.104. The van der Waals surface area contributed by atoms with Gasteiger partial charge in [0.05, 0.1) is 54.9 Å². The number of alkyl halides is 1. The minimum absolute atomic E-state index is 0. The molecule has 1 saturated heterocycles. The van der Waals surface area contributed by atoms with Crippen LogP contribution < -0.4 is 9.47 Å². The first-order valence-electron chi connectivity index (χ1n) is 12.1. The summed E-state index contributed by atoms with van der Waals surface area (Å²) in [5.74, 6) is 1.42. The number of aromatic nitrogens is 4. The number of aromatic amines is 1. The van der Waals surface area contributed by atoms with E-state index in [0.29, 0.717) is 12.3 Å². The molecule has 11 heteroatoms. The Morgan fingerprint density at radius 2 is 1.81 bits per heavy atom. The molecule has 3 aromatic rings. The van der Waals surface area contributed by atoms with Gasteiger partial charge in [0.25, 0.3) is 0 Å². The third-order valence-electron chi connectivity index (χ3n) is 7.08. The number of methoxy groups -OCH3 is 2. The predicted octanol–water partition coefficient (Wildman–Crippen LogP) is 4.32. The van der Waals surface area contributed by atoms with Crippen LogP contribution in [-0.4, -0.2) is 87.4 Å². The maximum atomic E-state index is 6.77. The Bertz CT molecular complexity index is 1220. The molecule has 1 N–H and O–H groups in total. The van der Waals surface area contributed by atoms with Gasteiger partial charge in [-0.3, -0.25) is 9.58 Å². The molecule has 1 aliphatic heterocycles.